The fourth-order valence-electron chi connectivity index (χ4n) is 19.0. The smallest absolute Gasteiger partial charge is 0.263 e. The molecular formula is C94H119N27O8S4. The first-order chi connectivity index (χ1) is 63.8. The lowest BCUT2D eigenvalue weighted by Gasteiger charge is -2.26. The number of carbonyl (C=O) groups excluding carboxylic acids is 4. The number of aryl methyl sites for hydroxylation is 9. The van der Waals surface area contributed by atoms with E-state index in [0.29, 0.717) is 119 Å². The zero-order valence-corrected chi connectivity index (χ0v) is 80.1. The van der Waals surface area contributed by atoms with E-state index in [1.807, 2.05) is 129 Å². The topological polar surface area (TPSA) is 516 Å². The molecule has 0 spiro atoms. The quantitative estimate of drug-likeness (QED) is 0.0385. The molecule has 4 aliphatic heterocycles. The second-order valence-corrected chi connectivity index (χ2v) is 40.7. The van der Waals surface area contributed by atoms with Gasteiger partial charge >= 0.3 is 0 Å². The van der Waals surface area contributed by atoms with Crippen molar-refractivity contribution in [3.05, 3.63) is 166 Å². The molecule has 12 atom stereocenters. The molecule has 12 aromatic heterocycles. The normalized spacial score (nSPS) is 22.5. The highest BCUT2D eigenvalue weighted by Crippen LogP contribution is 2.40. The number of carbonyl (C=O) groups is 4. The van der Waals surface area contributed by atoms with Crippen molar-refractivity contribution in [2.24, 2.45) is 22.9 Å². The molecule has 8 aliphatic rings. The molecule has 12 aromatic rings. The van der Waals surface area contributed by atoms with Gasteiger partial charge in [0.15, 0.2) is 0 Å². The third-order valence-electron chi connectivity index (χ3n) is 26.0. The van der Waals surface area contributed by atoms with Gasteiger partial charge in [0.1, 0.15) is 44.6 Å². The number of methoxy groups -OCH3 is 2. The van der Waals surface area contributed by atoms with Crippen LogP contribution in [0.3, 0.4) is 0 Å². The number of anilines is 8. The number of nitrogens with zero attached hydrogens (tertiary/aromatic N) is 15. The lowest BCUT2D eigenvalue weighted by molar-refractivity contribution is 0.0125. The van der Waals surface area contributed by atoms with Crippen molar-refractivity contribution < 1.29 is 38.1 Å². The van der Waals surface area contributed by atoms with Gasteiger partial charge in [0.25, 0.3) is 23.6 Å². The molecule has 133 heavy (non-hydrogen) atoms. The fourth-order valence-corrected chi connectivity index (χ4v) is 23.2. The number of ether oxygens (including phenoxy) is 4. The lowest BCUT2D eigenvalue weighted by Crippen LogP contribution is -2.39. The van der Waals surface area contributed by atoms with Crippen molar-refractivity contribution in [3.8, 4) is 0 Å². The van der Waals surface area contributed by atoms with Crippen LogP contribution in [0.2, 0.25) is 0 Å². The second-order valence-electron chi connectivity index (χ2n) is 36.7. The molecule has 35 nitrogen and oxygen atoms in total. The minimum atomic E-state index is -0.147. The molecule has 702 valence electrons. The zero-order chi connectivity index (χ0) is 93.6. The van der Waals surface area contributed by atoms with Crippen molar-refractivity contribution in [1.29, 1.82) is 0 Å². The molecule has 39 heteroatoms. The monoisotopic (exact) mass is 1880 g/mol. The Bertz CT molecular complexity index is 6180. The first-order valence-corrected chi connectivity index (χ1v) is 48.9. The van der Waals surface area contributed by atoms with Gasteiger partial charge in [-0.1, -0.05) is 6.07 Å². The molecule has 20 rings (SSSR count). The zero-order valence-electron chi connectivity index (χ0n) is 76.9. The molecule has 0 aromatic carbocycles. The van der Waals surface area contributed by atoms with Crippen LogP contribution in [-0.4, -0.2) is 230 Å². The van der Waals surface area contributed by atoms with E-state index in [-0.39, 0.29) is 109 Å². The molecule has 0 radical (unpaired) electrons. The van der Waals surface area contributed by atoms with Gasteiger partial charge in [-0.3, -0.25) is 19.2 Å². The molecule has 0 unspecified atom stereocenters. The van der Waals surface area contributed by atoms with E-state index in [9.17, 15) is 19.2 Å². The molecule has 0 saturated carbocycles. The van der Waals surface area contributed by atoms with Gasteiger partial charge in [-0.05, 0) is 216 Å². The van der Waals surface area contributed by atoms with Crippen LogP contribution in [0.25, 0.3) is 40.9 Å². The molecule has 0 bridgehead atoms. The van der Waals surface area contributed by atoms with Crippen LogP contribution in [0, 0.1) is 34.6 Å². The molecule has 4 saturated heterocycles. The van der Waals surface area contributed by atoms with Gasteiger partial charge in [0.05, 0.1) is 83.5 Å². The van der Waals surface area contributed by atoms with Crippen LogP contribution in [-0.2, 0) is 70.3 Å². The van der Waals surface area contributed by atoms with E-state index < -0.39 is 0 Å². The summed E-state index contributed by atoms with van der Waals surface area (Å²) < 4.78 is 22.8. The van der Waals surface area contributed by atoms with Crippen LogP contribution in [0.15, 0.2) is 73.2 Å². The Hall–Kier alpha value is -11.2. The third kappa shape index (κ3) is 20.6. The molecule has 4 fully saturated rings. The van der Waals surface area contributed by atoms with Crippen molar-refractivity contribution in [1.82, 2.24) is 76.1 Å². The van der Waals surface area contributed by atoms with Crippen molar-refractivity contribution in [3.63, 3.8) is 0 Å². The molecule has 16 heterocycles. The number of nitrogens with two attached hydrogens (primary N) is 8. The Kier molecular flexibility index (Phi) is 28.0. The third-order valence-corrected chi connectivity index (χ3v) is 30.4. The minimum absolute atomic E-state index is 0.00197. The Morgan fingerprint density at radius 1 is 0.376 bits per heavy atom. The summed E-state index contributed by atoms with van der Waals surface area (Å²) in [5.41, 5.74) is 65.3. The number of amides is 4. The first-order valence-electron chi connectivity index (χ1n) is 45.6. The van der Waals surface area contributed by atoms with E-state index in [0.717, 1.165) is 185 Å². The van der Waals surface area contributed by atoms with Crippen molar-refractivity contribution >= 4 is 156 Å². The van der Waals surface area contributed by atoms with Gasteiger partial charge < -0.3 is 106 Å². The number of rotatable bonds is 18. The van der Waals surface area contributed by atoms with Gasteiger partial charge in [-0.2, -0.15) is 0 Å². The minimum Gasteiger partial charge on any atom is -0.397 e. The maximum Gasteiger partial charge on any atom is 0.263 e. The van der Waals surface area contributed by atoms with E-state index in [1.54, 1.807) is 14.2 Å². The highest BCUT2D eigenvalue weighted by atomic mass is 32.1. The molecular weight excluding hydrogens is 1760 g/mol. The summed E-state index contributed by atoms with van der Waals surface area (Å²) >= 11 is 5.39. The van der Waals surface area contributed by atoms with E-state index in [2.05, 4.69) is 81.8 Å². The number of hydrogen-bond donors (Lipinski definition) is 12. The number of pyridine rings is 5. The number of nitrogen functional groups attached to an aromatic ring is 4. The summed E-state index contributed by atoms with van der Waals surface area (Å²) in [5, 5.41) is 16.0. The van der Waals surface area contributed by atoms with E-state index in [4.69, 9.17) is 84.8 Å². The van der Waals surface area contributed by atoms with Crippen LogP contribution >= 0.6 is 45.3 Å². The van der Waals surface area contributed by atoms with Gasteiger partial charge in [0.2, 0.25) is 17.8 Å². The average molecular weight is 1880 g/mol. The number of hydrogen-bond acceptors (Lipinski definition) is 35. The van der Waals surface area contributed by atoms with Crippen LogP contribution in [0.4, 0.5) is 46.4 Å². The first kappa shape index (κ1) is 93.6. The Balaban J connectivity index is 0.000000124. The highest BCUT2D eigenvalue weighted by Gasteiger charge is 2.40. The predicted octanol–water partition coefficient (Wildman–Crippen LogP) is 8.18. The predicted molar refractivity (Wildman–Crippen MR) is 526 cm³/mol. The fraction of sp³-hybridized carbons (Fsp3) is 0.479. The lowest BCUT2D eigenvalue weighted by atomic mass is 9.91. The summed E-state index contributed by atoms with van der Waals surface area (Å²) in [4.78, 5) is 117. The molecule has 4 amide bonds. The number of nitrogens with one attached hydrogen (secondary N) is 4. The van der Waals surface area contributed by atoms with Crippen LogP contribution in [0.5, 0.6) is 0 Å². The second kappa shape index (κ2) is 39.8. The Morgan fingerprint density at radius 2 is 0.692 bits per heavy atom. The molecule has 20 N–H and O–H groups in total. The van der Waals surface area contributed by atoms with Gasteiger partial charge in [-0.15, -0.1) is 45.3 Å². The number of thiophene rings is 4. The standard InChI is InChI=1S/2C24H31N7O2S.C23H29N7O2S.C23H28N6O2S/c2*1-12(2)33-19-11-31(10-17(19)25)24-27-9-14-8-15(5-7-18(14)30-24)29-22(32)21-20(26)16-6-4-13(3)28-23(16)34-21;1-11-6-12(2)27-22-18(11)19(25)20(33-22)21(31)28-14-4-5-16-13(7-14)8-26-23(29-16)30-9-15(24)17(10-30)32-3;1-12-3-6-15-20(25)21(32-23(15)26-12)22(30)27-14-5-7-17-13(9-14)4-8-19(28-17)29-10-16(24)18(11-29)31-2/h2*4,6,9,12,15,17,19H,5,7-8,10-11,25-26H2,1-3H3,(H,29,32);6,8,14-15,17H,4-5,7,9-10,24-25H2,1-3H3,(H,28,31);3-4,6,8,14,16,18H,5,7,9-11,24-25H2,1-2H3,(H,27,30)/t15-,17+,19+;15-,17-,19-;14-,15-,17-;14-,16+,18-/m1000/s1. The SMILES string of the molecule is CO[C@H]1CN(c2ccc3c(n2)CC[C@H](NC(=O)c2sc4nc(C)ccc4c2N)C3)C[C@H]1N.CO[C@H]1CN(c2ncc3c(n2)CC[C@H](NC(=O)c2sc4nc(C)cc(C)c4c2N)C3)C[C@@H]1N.Cc1ccc2c(N)c(C(=O)N[C@@H]3CCc4nc(N5C[C@H](OC(C)C)[C@@H](N)C5)ncc4C3)sc2n1.Cc1ccc2c(N)c(C(=O)N[C@H]3CCc4nc(N5C[C@H](OC(C)C)[C@@H](N)C5)ncc4C3)sc2n1. The van der Waals surface area contributed by atoms with Crippen molar-refractivity contribution in [2.45, 2.75) is 224 Å². The van der Waals surface area contributed by atoms with Gasteiger partial charge in [-0.25, -0.2) is 54.8 Å². The highest BCUT2D eigenvalue weighted by molar-refractivity contribution is 7.22. The van der Waals surface area contributed by atoms with Crippen LogP contribution < -0.4 is 86.7 Å². The number of fused-ring (bicyclic) bond motifs is 8. The summed E-state index contributed by atoms with van der Waals surface area (Å²) in [6.07, 6.45) is 15.2. The summed E-state index contributed by atoms with van der Waals surface area (Å²) in [5.74, 6) is 2.48. The van der Waals surface area contributed by atoms with E-state index >= 15 is 0 Å². The average Bonchev–Trinajstić information content (AvgIpc) is 1.64. The molecule has 4 aliphatic carbocycles. The largest absolute Gasteiger partial charge is 0.397 e. The maximum atomic E-state index is 13.1. The number of aromatic nitrogens is 11. The van der Waals surface area contributed by atoms with Gasteiger partial charge in [0, 0.05) is 176 Å². The van der Waals surface area contributed by atoms with Crippen LogP contribution in [0.1, 0.15) is 165 Å². The summed E-state index contributed by atoms with van der Waals surface area (Å²) in [6.45, 7) is 23.4. The Labute approximate surface area is 787 Å². The van der Waals surface area contributed by atoms with E-state index in [1.165, 1.54) is 50.9 Å². The summed E-state index contributed by atoms with van der Waals surface area (Å²) in [6, 6.07) is 17.6. The van der Waals surface area contributed by atoms with Crippen molar-refractivity contribution in [2.75, 3.05) is 109 Å². The maximum absolute atomic E-state index is 13.1. The Morgan fingerprint density at radius 3 is 1.05 bits per heavy atom. The summed E-state index contributed by atoms with van der Waals surface area (Å²) in [7, 11) is 3.38.